The van der Waals surface area contributed by atoms with Gasteiger partial charge in [-0.25, -0.2) is 4.79 Å². The summed E-state index contributed by atoms with van der Waals surface area (Å²) in [7, 11) is 0. The Morgan fingerprint density at radius 1 is 1.15 bits per heavy atom. The Morgan fingerprint density at radius 2 is 1.85 bits per heavy atom. The highest BCUT2D eigenvalue weighted by Crippen LogP contribution is 2.35. The van der Waals surface area contributed by atoms with E-state index in [4.69, 9.17) is 9.47 Å². The van der Waals surface area contributed by atoms with Crippen LogP contribution in [0.5, 0.6) is 5.75 Å². The van der Waals surface area contributed by atoms with Crippen LogP contribution in [0.3, 0.4) is 0 Å². The lowest BCUT2D eigenvalue weighted by molar-refractivity contribution is -0.184. The second kappa shape index (κ2) is 8.83. The molecule has 2 N–H and O–H groups in total. The molecule has 5 heteroatoms. The smallest absolute Gasteiger partial charge is 0.339 e. The van der Waals surface area contributed by atoms with E-state index in [1.165, 1.54) is 0 Å². The summed E-state index contributed by atoms with van der Waals surface area (Å²) in [6.45, 7) is 5.87. The van der Waals surface area contributed by atoms with Crippen molar-refractivity contribution in [2.75, 3.05) is 6.61 Å². The number of aliphatic carboxylic acids is 1. The number of carboxylic acid groups (broad SMARTS) is 1. The zero-order valence-electron chi connectivity index (χ0n) is 15.4. The van der Waals surface area contributed by atoms with Crippen LogP contribution < -0.4 is 4.74 Å². The van der Waals surface area contributed by atoms with E-state index in [-0.39, 0.29) is 13.0 Å². The second-order valence-corrected chi connectivity index (χ2v) is 6.18. The van der Waals surface area contributed by atoms with Gasteiger partial charge in [0.1, 0.15) is 18.5 Å². The van der Waals surface area contributed by atoms with Crippen molar-refractivity contribution in [2.24, 2.45) is 0 Å². The predicted molar refractivity (Wildman–Crippen MR) is 99.2 cm³/mol. The molecule has 0 aliphatic carbocycles. The van der Waals surface area contributed by atoms with Gasteiger partial charge in [0.2, 0.25) is 0 Å². The van der Waals surface area contributed by atoms with Gasteiger partial charge in [-0.15, -0.1) is 0 Å². The maximum atomic E-state index is 11.8. The third-order valence-electron chi connectivity index (χ3n) is 4.52. The molecule has 0 aromatic heterocycles. The summed E-state index contributed by atoms with van der Waals surface area (Å²) in [6, 6.07) is 15.1. The number of ether oxygens (including phenoxy) is 2. The minimum absolute atomic E-state index is 0.156. The molecule has 2 atom stereocenters. The molecular weight excluding hydrogens is 332 g/mol. The van der Waals surface area contributed by atoms with Crippen LogP contribution in [0.1, 0.15) is 43.1 Å². The summed E-state index contributed by atoms with van der Waals surface area (Å²) < 4.78 is 11.3. The summed E-state index contributed by atoms with van der Waals surface area (Å²) in [5.74, 6) is -0.505. The first-order valence-corrected chi connectivity index (χ1v) is 8.77. The first-order valence-electron chi connectivity index (χ1n) is 8.77. The molecule has 140 valence electrons. The lowest BCUT2D eigenvalue weighted by Crippen LogP contribution is -2.47. The fourth-order valence-electron chi connectivity index (χ4n) is 3.00. The minimum atomic E-state index is -1.66. The van der Waals surface area contributed by atoms with E-state index in [0.29, 0.717) is 17.9 Å². The third-order valence-corrected chi connectivity index (χ3v) is 4.52. The van der Waals surface area contributed by atoms with E-state index >= 15 is 0 Å². The van der Waals surface area contributed by atoms with Gasteiger partial charge in [-0.2, -0.15) is 0 Å². The van der Waals surface area contributed by atoms with Crippen molar-refractivity contribution in [1.82, 2.24) is 0 Å². The van der Waals surface area contributed by atoms with Gasteiger partial charge in [0.05, 0.1) is 0 Å². The predicted octanol–water partition coefficient (Wildman–Crippen LogP) is 3.88. The molecule has 0 saturated heterocycles. The van der Waals surface area contributed by atoms with Gasteiger partial charge in [0.25, 0.3) is 0 Å². The quantitative estimate of drug-likeness (QED) is 0.711. The first-order chi connectivity index (χ1) is 12.4. The van der Waals surface area contributed by atoms with Crippen molar-refractivity contribution in [3.63, 3.8) is 0 Å². The van der Waals surface area contributed by atoms with E-state index in [9.17, 15) is 15.0 Å². The number of aliphatic hydroxyl groups is 1. The molecule has 0 amide bonds. The molecule has 0 aliphatic rings. The topological polar surface area (TPSA) is 76.0 Å². The van der Waals surface area contributed by atoms with E-state index in [0.717, 1.165) is 11.1 Å². The van der Waals surface area contributed by atoms with Crippen molar-refractivity contribution < 1.29 is 24.5 Å². The highest BCUT2D eigenvalue weighted by molar-refractivity contribution is 5.78. The Bertz CT molecular complexity index is 728. The summed E-state index contributed by atoms with van der Waals surface area (Å²) >= 11 is 0. The summed E-state index contributed by atoms with van der Waals surface area (Å²) in [6.07, 6.45) is -1.11. The number of aliphatic hydroxyl groups excluding tert-OH is 1. The number of hydrogen-bond donors (Lipinski definition) is 2. The Morgan fingerprint density at radius 3 is 2.38 bits per heavy atom. The lowest BCUT2D eigenvalue weighted by atomic mass is 9.86. The van der Waals surface area contributed by atoms with Gasteiger partial charge in [-0.1, -0.05) is 43.3 Å². The van der Waals surface area contributed by atoms with Gasteiger partial charge in [-0.05, 0) is 49.1 Å². The highest BCUT2D eigenvalue weighted by atomic mass is 16.5. The molecule has 2 aromatic rings. The third kappa shape index (κ3) is 4.23. The lowest BCUT2D eigenvalue weighted by Gasteiger charge is -2.33. The van der Waals surface area contributed by atoms with E-state index in [1.807, 2.05) is 37.3 Å². The number of aryl methyl sites for hydroxylation is 1. The fraction of sp³-hybridized carbons (Fsp3) is 0.381. The molecule has 0 fully saturated rings. The molecule has 0 spiro atoms. The summed E-state index contributed by atoms with van der Waals surface area (Å²) in [5, 5.41) is 20.4. The maximum absolute atomic E-state index is 11.8. The Balaban J connectivity index is 2.21. The first kappa shape index (κ1) is 19.9. The molecule has 0 saturated carbocycles. The van der Waals surface area contributed by atoms with Gasteiger partial charge in [-0.3, -0.25) is 0 Å². The number of carbonyl (C=O) groups is 1. The number of carboxylic acids is 1. The molecule has 0 heterocycles. The van der Waals surface area contributed by atoms with Crippen molar-refractivity contribution in [1.29, 1.82) is 0 Å². The molecule has 0 aliphatic heterocycles. The van der Waals surface area contributed by atoms with Crippen molar-refractivity contribution in [2.45, 2.75) is 45.5 Å². The average Bonchev–Trinajstić information content (AvgIpc) is 2.64. The standard InChI is InChI=1S/C21H26O5/c1-4-21(20(23)24,26-5-2)19(22)18-12-11-17(13-15(18)3)25-14-16-9-7-6-8-10-16/h6-13,19,22H,4-5,14H2,1-3H3,(H,23,24). The van der Waals surface area contributed by atoms with Gasteiger partial charge in [0, 0.05) is 6.61 Å². The van der Waals surface area contributed by atoms with Crippen LogP contribution in [0.15, 0.2) is 48.5 Å². The van der Waals surface area contributed by atoms with Gasteiger partial charge < -0.3 is 19.7 Å². The van der Waals surface area contributed by atoms with Crippen LogP contribution in [0.2, 0.25) is 0 Å². The van der Waals surface area contributed by atoms with E-state index in [2.05, 4.69) is 0 Å². The number of benzene rings is 2. The monoisotopic (exact) mass is 358 g/mol. The van der Waals surface area contributed by atoms with Crippen LogP contribution in [-0.2, 0) is 16.1 Å². The zero-order valence-corrected chi connectivity index (χ0v) is 15.4. The van der Waals surface area contributed by atoms with Crippen LogP contribution in [0, 0.1) is 6.92 Å². The van der Waals surface area contributed by atoms with Crippen LogP contribution in [0.25, 0.3) is 0 Å². The van der Waals surface area contributed by atoms with Crippen molar-refractivity contribution in [3.05, 3.63) is 65.2 Å². The van der Waals surface area contributed by atoms with Crippen LogP contribution in [-0.4, -0.2) is 28.4 Å². The highest BCUT2D eigenvalue weighted by Gasteiger charge is 2.46. The van der Waals surface area contributed by atoms with E-state index < -0.39 is 17.7 Å². The molecule has 0 bridgehead atoms. The normalized spacial score (nSPS) is 14.5. The number of hydrogen-bond acceptors (Lipinski definition) is 4. The van der Waals surface area contributed by atoms with Crippen LogP contribution >= 0.6 is 0 Å². The van der Waals surface area contributed by atoms with Gasteiger partial charge >= 0.3 is 5.97 Å². The van der Waals surface area contributed by atoms with Crippen molar-refractivity contribution in [3.8, 4) is 5.75 Å². The molecule has 2 rings (SSSR count). The number of rotatable bonds is 9. The average molecular weight is 358 g/mol. The summed E-state index contributed by atoms with van der Waals surface area (Å²) in [5.41, 5.74) is 0.671. The molecule has 2 aromatic carbocycles. The summed E-state index contributed by atoms with van der Waals surface area (Å²) in [4.78, 5) is 11.8. The SMILES string of the molecule is CCOC(CC)(C(=O)O)C(O)c1ccc(OCc2ccccc2)cc1C. The molecular formula is C21H26O5. The van der Waals surface area contributed by atoms with E-state index in [1.54, 1.807) is 32.0 Å². The van der Waals surface area contributed by atoms with Crippen LogP contribution in [0.4, 0.5) is 0 Å². The maximum Gasteiger partial charge on any atom is 0.339 e. The molecule has 2 unspecified atom stereocenters. The molecule has 26 heavy (non-hydrogen) atoms. The van der Waals surface area contributed by atoms with Gasteiger partial charge in [0.15, 0.2) is 5.60 Å². The second-order valence-electron chi connectivity index (χ2n) is 6.18. The fourth-order valence-corrected chi connectivity index (χ4v) is 3.00. The minimum Gasteiger partial charge on any atom is -0.489 e. The Labute approximate surface area is 154 Å². The Kier molecular flexibility index (Phi) is 6.77. The van der Waals surface area contributed by atoms with Crippen molar-refractivity contribution >= 4 is 5.97 Å². The molecule has 0 radical (unpaired) electrons. The largest absolute Gasteiger partial charge is 0.489 e. The zero-order chi connectivity index (χ0) is 19.2. The molecule has 5 nitrogen and oxygen atoms in total. The Hall–Kier alpha value is -2.37.